The van der Waals surface area contributed by atoms with Gasteiger partial charge in [0.1, 0.15) is 5.82 Å². The average Bonchev–Trinajstić information content (AvgIpc) is 2.59. The van der Waals surface area contributed by atoms with Crippen LogP contribution < -0.4 is 0 Å². The lowest BCUT2D eigenvalue weighted by molar-refractivity contribution is -0.384. The molecule has 1 atom stereocenters. The highest BCUT2D eigenvalue weighted by molar-refractivity contribution is 6.20. The second kappa shape index (κ2) is 3.51. The first-order valence-electron chi connectivity index (χ1n) is 4.36. The van der Waals surface area contributed by atoms with Gasteiger partial charge < -0.3 is 4.98 Å². The number of fused-ring (bicyclic) bond motifs is 1. The third-order valence-electron chi connectivity index (χ3n) is 2.07. The molecule has 1 aromatic heterocycles. The van der Waals surface area contributed by atoms with Crippen molar-refractivity contribution >= 4 is 28.3 Å². The zero-order valence-electron chi connectivity index (χ0n) is 7.90. The molecule has 0 spiro atoms. The summed E-state index contributed by atoms with van der Waals surface area (Å²) in [5.74, 6) is 0.618. The number of nitro groups is 1. The maximum absolute atomic E-state index is 10.5. The maximum Gasteiger partial charge on any atom is 0.271 e. The molecule has 0 aliphatic heterocycles. The summed E-state index contributed by atoms with van der Waals surface area (Å²) in [4.78, 5) is 17.2. The highest BCUT2D eigenvalue weighted by atomic mass is 35.5. The molecule has 0 amide bonds. The summed E-state index contributed by atoms with van der Waals surface area (Å²) < 4.78 is 0. The van der Waals surface area contributed by atoms with E-state index in [2.05, 4.69) is 9.97 Å². The van der Waals surface area contributed by atoms with Crippen LogP contribution in [0.25, 0.3) is 11.0 Å². The third kappa shape index (κ3) is 1.78. The van der Waals surface area contributed by atoms with E-state index in [0.29, 0.717) is 16.9 Å². The van der Waals surface area contributed by atoms with Crippen LogP contribution in [0.15, 0.2) is 18.2 Å². The van der Waals surface area contributed by atoms with Crippen LogP contribution >= 0.6 is 11.6 Å². The number of rotatable bonds is 2. The largest absolute Gasteiger partial charge is 0.341 e. The molecule has 2 aromatic rings. The maximum atomic E-state index is 10.5. The van der Waals surface area contributed by atoms with Gasteiger partial charge in [-0.25, -0.2) is 4.98 Å². The molecule has 1 N–H and O–H groups in total. The quantitative estimate of drug-likeness (QED) is 0.485. The standard InChI is InChI=1S/C9H8ClN3O2/c1-5(10)9-11-7-3-2-6(13(14)15)4-8(7)12-9/h2-5H,1H3,(H,11,12). The van der Waals surface area contributed by atoms with Gasteiger partial charge in [-0.3, -0.25) is 10.1 Å². The molecular formula is C9H8ClN3O2. The Kier molecular flexibility index (Phi) is 2.32. The summed E-state index contributed by atoms with van der Waals surface area (Å²) in [7, 11) is 0. The van der Waals surface area contributed by atoms with E-state index in [0.717, 1.165) is 0 Å². The fourth-order valence-corrected chi connectivity index (χ4v) is 1.42. The number of imidazole rings is 1. The van der Waals surface area contributed by atoms with Gasteiger partial charge in [0.25, 0.3) is 5.69 Å². The Balaban J connectivity index is 2.57. The van der Waals surface area contributed by atoms with Crippen molar-refractivity contribution in [2.75, 3.05) is 0 Å². The lowest BCUT2D eigenvalue weighted by Gasteiger charge is -1.93. The van der Waals surface area contributed by atoms with E-state index in [1.165, 1.54) is 12.1 Å². The lowest BCUT2D eigenvalue weighted by Crippen LogP contribution is -1.86. The second-order valence-corrected chi connectivity index (χ2v) is 3.85. The molecule has 0 fully saturated rings. The summed E-state index contributed by atoms with van der Waals surface area (Å²) in [5.41, 5.74) is 1.36. The molecule has 1 aromatic carbocycles. The smallest absolute Gasteiger partial charge is 0.271 e. The van der Waals surface area contributed by atoms with Crippen molar-refractivity contribution in [1.29, 1.82) is 0 Å². The van der Waals surface area contributed by atoms with Gasteiger partial charge in [-0.2, -0.15) is 0 Å². The normalized spacial score (nSPS) is 12.9. The van der Waals surface area contributed by atoms with Crippen molar-refractivity contribution in [2.45, 2.75) is 12.3 Å². The SMILES string of the molecule is CC(Cl)c1nc2ccc([N+](=O)[O-])cc2[nH]1. The van der Waals surface area contributed by atoms with Crippen LogP contribution in [0.3, 0.4) is 0 Å². The number of halogens is 1. The number of nitrogens with one attached hydrogen (secondary N) is 1. The Bertz CT molecular complexity index is 521. The fourth-order valence-electron chi connectivity index (χ4n) is 1.32. The van der Waals surface area contributed by atoms with Crippen molar-refractivity contribution in [3.63, 3.8) is 0 Å². The van der Waals surface area contributed by atoms with Crippen LogP contribution in [-0.2, 0) is 0 Å². The Morgan fingerprint density at radius 1 is 1.60 bits per heavy atom. The highest BCUT2D eigenvalue weighted by Gasteiger charge is 2.11. The molecule has 78 valence electrons. The first-order valence-corrected chi connectivity index (χ1v) is 4.79. The van der Waals surface area contributed by atoms with Gasteiger partial charge in [0, 0.05) is 12.1 Å². The van der Waals surface area contributed by atoms with Gasteiger partial charge in [-0.15, -0.1) is 11.6 Å². The van der Waals surface area contributed by atoms with Crippen molar-refractivity contribution in [2.24, 2.45) is 0 Å². The zero-order chi connectivity index (χ0) is 11.0. The summed E-state index contributed by atoms with van der Waals surface area (Å²) in [6, 6.07) is 4.48. The Morgan fingerprint density at radius 2 is 2.33 bits per heavy atom. The number of aromatic nitrogens is 2. The topological polar surface area (TPSA) is 71.8 Å². The number of aromatic amines is 1. The van der Waals surface area contributed by atoms with Gasteiger partial charge in [0.2, 0.25) is 0 Å². The Labute approximate surface area is 90.2 Å². The van der Waals surface area contributed by atoms with Crippen molar-refractivity contribution in [1.82, 2.24) is 9.97 Å². The first-order chi connectivity index (χ1) is 7.08. The van der Waals surface area contributed by atoms with E-state index in [4.69, 9.17) is 11.6 Å². The molecule has 5 nitrogen and oxygen atoms in total. The minimum atomic E-state index is -0.440. The minimum absolute atomic E-state index is 0.0416. The summed E-state index contributed by atoms with van der Waals surface area (Å²) in [6.07, 6.45) is 0. The van der Waals surface area contributed by atoms with Crippen LogP contribution in [0.4, 0.5) is 5.69 Å². The van der Waals surface area contributed by atoms with Gasteiger partial charge in [-0.05, 0) is 13.0 Å². The number of non-ortho nitro benzene ring substituents is 1. The Hall–Kier alpha value is -1.62. The van der Waals surface area contributed by atoms with Crippen LogP contribution in [0.1, 0.15) is 18.1 Å². The number of alkyl halides is 1. The van der Waals surface area contributed by atoms with E-state index in [9.17, 15) is 10.1 Å². The van der Waals surface area contributed by atoms with E-state index >= 15 is 0 Å². The number of hydrogen-bond acceptors (Lipinski definition) is 3. The lowest BCUT2D eigenvalue weighted by atomic mass is 10.3. The van der Waals surface area contributed by atoms with E-state index in [1.54, 1.807) is 13.0 Å². The molecule has 0 saturated heterocycles. The molecule has 0 radical (unpaired) electrons. The van der Waals surface area contributed by atoms with Crippen molar-refractivity contribution in [3.8, 4) is 0 Å². The van der Waals surface area contributed by atoms with Crippen molar-refractivity contribution in [3.05, 3.63) is 34.1 Å². The molecule has 6 heteroatoms. The molecule has 1 heterocycles. The number of nitrogens with zero attached hydrogens (tertiary/aromatic N) is 2. The zero-order valence-corrected chi connectivity index (χ0v) is 8.65. The van der Waals surface area contributed by atoms with Crippen LogP contribution in [0.5, 0.6) is 0 Å². The van der Waals surface area contributed by atoms with Gasteiger partial charge in [0.05, 0.1) is 21.3 Å². The number of H-pyrrole nitrogens is 1. The second-order valence-electron chi connectivity index (χ2n) is 3.20. The first kappa shape index (κ1) is 9.92. The van der Waals surface area contributed by atoms with Crippen LogP contribution in [0, 0.1) is 10.1 Å². The highest BCUT2D eigenvalue weighted by Crippen LogP contribution is 2.23. The molecule has 0 aliphatic rings. The fraction of sp³-hybridized carbons (Fsp3) is 0.222. The van der Waals surface area contributed by atoms with Crippen LogP contribution in [-0.4, -0.2) is 14.9 Å². The molecule has 0 bridgehead atoms. The molecule has 1 unspecified atom stereocenters. The molecule has 2 rings (SSSR count). The van der Waals surface area contributed by atoms with Gasteiger partial charge >= 0.3 is 0 Å². The summed E-state index contributed by atoms with van der Waals surface area (Å²) >= 11 is 5.85. The number of nitro benzene ring substituents is 1. The molecule has 0 aliphatic carbocycles. The molecule has 15 heavy (non-hydrogen) atoms. The predicted molar refractivity (Wildman–Crippen MR) is 57.0 cm³/mol. The average molecular weight is 226 g/mol. The number of benzene rings is 1. The number of hydrogen-bond donors (Lipinski definition) is 1. The molecule has 0 saturated carbocycles. The van der Waals surface area contributed by atoms with E-state index in [1.807, 2.05) is 0 Å². The third-order valence-corrected chi connectivity index (χ3v) is 2.28. The monoisotopic (exact) mass is 225 g/mol. The Morgan fingerprint density at radius 3 is 2.93 bits per heavy atom. The van der Waals surface area contributed by atoms with E-state index in [-0.39, 0.29) is 11.1 Å². The molecular weight excluding hydrogens is 218 g/mol. The van der Waals surface area contributed by atoms with Crippen LogP contribution in [0.2, 0.25) is 0 Å². The van der Waals surface area contributed by atoms with Gasteiger partial charge in [-0.1, -0.05) is 0 Å². The van der Waals surface area contributed by atoms with Crippen molar-refractivity contribution < 1.29 is 4.92 Å². The minimum Gasteiger partial charge on any atom is -0.341 e. The van der Waals surface area contributed by atoms with Gasteiger partial charge in [0.15, 0.2) is 0 Å². The summed E-state index contributed by atoms with van der Waals surface area (Å²) in [5, 5.41) is 10.3. The predicted octanol–water partition coefficient (Wildman–Crippen LogP) is 2.77. The summed E-state index contributed by atoms with van der Waals surface area (Å²) in [6.45, 7) is 1.79. The van der Waals surface area contributed by atoms with E-state index < -0.39 is 4.92 Å².